The van der Waals surface area contributed by atoms with Crippen LogP contribution in [0.1, 0.15) is 5.69 Å². The molecule has 0 aliphatic carbocycles. The first kappa shape index (κ1) is 14.8. The molecular formula is C21H15FN4. The zero-order valence-corrected chi connectivity index (χ0v) is 13.9. The minimum atomic E-state index is -0.264. The molecule has 126 valence electrons. The van der Waals surface area contributed by atoms with Gasteiger partial charge in [-0.1, -0.05) is 41.6 Å². The topological polar surface area (TPSA) is 35.6 Å². The molecule has 0 atom stereocenters. The molecule has 0 N–H and O–H groups in total. The van der Waals surface area contributed by atoms with Crippen molar-refractivity contribution < 1.29 is 4.39 Å². The molecule has 2 heterocycles. The summed E-state index contributed by atoms with van der Waals surface area (Å²) in [4.78, 5) is 0. The van der Waals surface area contributed by atoms with Crippen molar-refractivity contribution in [3.05, 3.63) is 90.5 Å². The summed E-state index contributed by atoms with van der Waals surface area (Å²) in [6, 6.07) is 23.0. The first-order valence-electron chi connectivity index (χ1n) is 8.43. The number of nitrogens with zero attached hydrogens (tertiary/aromatic N) is 4. The summed E-state index contributed by atoms with van der Waals surface area (Å²) in [5, 5.41) is 11.0. The highest BCUT2D eigenvalue weighted by Gasteiger charge is 2.12. The van der Waals surface area contributed by atoms with Crippen molar-refractivity contribution in [3.8, 4) is 5.69 Å². The summed E-state index contributed by atoms with van der Waals surface area (Å²) in [5.74, 6) is -0.264. The number of halogens is 1. The maximum Gasteiger partial charge on any atom is 0.123 e. The number of benzene rings is 3. The highest BCUT2D eigenvalue weighted by molar-refractivity contribution is 6.07. The van der Waals surface area contributed by atoms with Crippen molar-refractivity contribution in [1.29, 1.82) is 0 Å². The summed E-state index contributed by atoms with van der Waals surface area (Å²) in [5.41, 5.74) is 3.98. The number of aromatic nitrogens is 4. The molecule has 0 amide bonds. The van der Waals surface area contributed by atoms with Crippen molar-refractivity contribution in [2.45, 2.75) is 6.54 Å². The van der Waals surface area contributed by atoms with E-state index in [2.05, 4.69) is 51.3 Å². The molecule has 0 bridgehead atoms. The molecular weight excluding hydrogens is 327 g/mol. The summed E-state index contributed by atoms with van der Waals surface area (Å²) in [6.07, 6.45) is 1.89. The van der Waals surface area contributed by atoms with Crippen LogP contribution in [0.4, 0.5) is 4.39 Å². The van der Waals surface area contributed by atoms with E-state index in [4.69, 9.17) is 0 Å². The van der Waals surface area contributed by atoms with Crippen molar-refractivity contribution in [2.24, 2.45) is 0 Å². The molecule has 26 heavy (non-hydrogen) atoms. The van der Waals surface area contributed by atoms with E-state index in [1.807, 2.05) is 18.3 Å². The lowest BCUT2D eigenvalue weighted by Gasteiger charge is -2.04. The lowest BCUT2D eigenvalue weighted by molar-refractivity contribution is 0.626. The number of hydrogen-bond donors (Lipinski definition) is 0. The molecule has 2 aromatic heterocycles. The van der Waals surface area contributed by atoms with Gasteiger partial charge in [0, 0.05) is 21.8 Å². The molecule has 5 rings (SSSR count). The van der Waals surface area contributed by atoms with Gasteiger partial charge in [-0.05, 0) is 36.4 Å². The molecule has 5 aromatic rings. The fourth-order valence-corrected chi connectivity index (χ4v) is 3.43. The normalized spacial score (nSPS) is 11.4. The van der Waals surface area contributed by atoms with Crippen LogP contribution in [0.25, 0.3) is 27.5 Å². The fourth-order valence-electron chi connectivity index (χ4n) is 3.43. The van der Waals surface area contributed by atoms with Gasteiger partial charge in [-0.25, -0.2) is 9.07 Å². The molecule has 3 aromatic carbocycles. The van der Waals surface area contributed by atoms with Gasteiger partial charge in [-0.3, -0.25) is 0 Å². The predicted octanol–water partition coefficient (Wildman–Crippen LogP) is 4.56. The van der Waals surface area contributed by atoms with Gasteiger partial charge in [0.1, 0.15) is 11.5 Å². The Morgan fingerprint density at radius 3 is 2.04 bits per heavy atom. The average Bonchev–Trinajstić information content (AvgIpc) is 3.27. The maximum atomic E-state index is 13.1. The summed E-state index contributed by atoms with van der Waals surface area (Å²) < 4.78 is 17.0. The fraction of sp³-hybridized carbons (Fsp3) is 0.0476. The second-order valence-electron chi connectivity index (χ2n) is 6.25. The van der Waals surface area contributed by atoms with Crippen LogP contribution in [-0.4, -0.2) is 19.6 Å². The largest absolute Gasteiger partial charge is 0.334 e. The molecule has 0 saturated heterocycles. The monoisotopic (exact) mass is 342 g/mol. The second kappa shape index (κ2) is 5.81. The van der Waals surface area contributed by atoms with Crippen LogP contribution in [-0.2, 0) is 6.54 Å². The standard InChI is InChI=1S/C21H15FN4/c22-15-9-11-17(12-10-15)26-14-16(23-24-26)13-25-20-7-3-1-5-18(20)19-6-2-4-8-21(19)25/h1-12,14H,13H2. The molecule has 5 heteroatoms. The lowest BCUT2D eigenvalue weighted by atomic mass is 10.2. The molecule has 4 nitrogen and oxygen atoms in total. The lowest BCUT2D eigenvalue weighted by Crippen LogP contribution is -1.99. The summed E-state index contributed by atoms with van der Waals surface area (Å²) in [7, 11) is 0. The van der Waals surface area contributed by atoms with Gasteiger partial charge >= 0.3 is 0 Å². The van der Waals surface area contributed by atoms with Gasteiger partial charge in [0.05, 0.1) is 18.4 Å². The Labute approximate surface area is 149 Å². The van der Waals surface area contributed by atoms with Crippen molar-refractivity contribution in [3.63, 3.8) is 0 Å². The minimum absolute atomic E-state index is 0.264. The number of para-hydroxylation sites is 2. The summed E-state index contributed by atoms with van der Waals surface area (Å²) in [6.45, 7) is 0.620. The van der Waals surface area contributed by atoms with Crippen molar-refractivity contribution in [2.75, 3.05) is 0 Å². The highest BCUT2D eigenvalue weighted by atomic mass is 19.1. The van der Waals surface area contributed by atoms with Crippen LogP contribution in [0.3, 0.4) is 0 Å². The van der Waals surface area contributed by atoms with E-state index in [1.54, 1.807) is 16.8 Å². The van der Waals surface area contributed by atoms with Gasteiger partial charge in [0.25, 0.3) is 0 Å². The second-order valence-corrected chi connectivity index (χ2v) is 6.25. The third-order valence-electron chi connectivity index (χ3n) is 4.63. The van der Waals surface area contributed by atoms with E-state index in [0.717, 1.165) is 11.4 Å². The van der Waals surface area contributed by atoms with E-state index in [0.29, 0.717) is 6.54 Å². The first-order valence-corrected chi connectivity index (χ1v) is 8.43. The molecule has 0 radical (unpaired) electrons. The van der Waals surface area contributed by atoms with Gasteiger partial charge in [0.2, 0.25) is 0 Å². The third kappa shape index (κ3) is 2.37. The number of fused-ring (bicyclic) bond motifs is 3. The third-order valence-corrected chi connectivity index (χ3v) is 4.63. The van der Waals surface area contributed by atoms with Crippen LogP contribution < -0.4 is 0 Å². The molecule has 0 aliphatic rings. The molecule has 0 spiro atoms. The predicted molar refractivity (Wildman–Crippen MR) is 99.9 cm³/mol. The van der Waals surface area contributed by atoms with E-state index in [-0.39, 0.29) is 5.82 Å². The van der Waals surface area contributed by atoms with Crippen molar-refractivity contribution >= 4 is 21.8 Å². The van der Waals surface area contributed by atoms with Crippen LogP contribution in [0.5, 0.6) is 0 Å². The Hall–Kier alpha value is -3.47. The van der Waals surface area contributed by atoms with Crippen LogP contribution >= 0.6 is 0 Å². The Balaban J connectivity index is 1.58. The molecule has 0 unspecified atom stereocenters. The molecule has 0 fully saturated rings. The Kier molecular flexibility index (Phi) is 3.31. The van der Waals surface area contributed by atoms with Crippen LogP contribution in [0, 0.1) is 5.82 Å². The zero-order chi connectivity index (χ0) is 17.5. The molecule has 0 aliphatic heterocycles. The Bertz CT molecular complexity index is 1160. The van der Waals surface area contributed by atoms with Gasteiger partial charge in [0.15, 0.2) is 0 Å². The number of rotatable bonds is 3. The van der Waals surface area contributed by atoms with E-state index in [1.165, 1.54) is 33.9 Å². The Morgan fingerprint density at radius 2 is 1.38 bits per heavy atom. The zero-order valence-electron chi connectivity index (χ0n) is 13.9. The minimum Gasteiger partial charge on any atom is -0.334 e. The van der Waals surface area contributed by atoms with Gasteiger partial charge < -0.3 is 4.57 Å². The maximum absolute atomic E-state index is 13.1. The SMILES string of the molecule is Fc1ccc(-n2cc(Cn3c4ccccc4c4ccccc43)nn2)cc1. The van der Waals surface area contributed by atoms with E-state index in [9.17, 15) is 4.39 Å². The highest BCUT2D eigenvalue weighted by Crippen LogP contribution is 2.29. The van der Waals surface area contributed by atoms with Gasteiger partial charge in [-0.15, -0.1) is 5.10 Å². The quantitative estimate of drug-likeness (QED) is 0.482. The van der Waals surface area contributed by atoms with Crippen LogP contribution in [0.2, 0.25) is 0 Å². The Morgan fingerprint density at radius 1 is 0.769 bits per heavy atom. The molecule has 0 saturated carbocycles. The number of hydrogen-bond acceptors (Lipinski definition) is 2. The smallest absolute Gasteiger partial charge is 0.123 e. The first-order chi connectivity index (χ1) is 12.8. The van der Waals surface area contributed by atoms with Gasteiger partial charge in [-0.2, -0.15) is 0 Å². The summed E-state index contributed by atoms with van der Waals surface area (Å²) >= 11 is 0. The average molecular weight is 342 g/mol. The van der Waals surface area contributed by atoms with Crippen LogP contribution in [0.15, 0.2) is 79.0 Å². The van der Waals surface area contributed by atoms with Crippen molar-refractivity contribution in [1.82, 2.24) is 19.6 Å². The van der Waals surface area contributed by atoms with E-state index < -0.39 is 0 Å². The van der Waals surface area contributed by atoms with E-state index >= 15 is 0 Å².